The molecule has 2 amide bonds. The van der Waals surface area contributed by atoms with Crippen molar-refractivity contribution in [2.24, 2.45) is 0 Å². The molecule has 0 radical (unpaired) electrons. The van der Waals surface area contributed by atoms with Crippen LogP contribution in [0.4, 0.5) is 4.79 Å². The summed E-state index contributed by atoms with van der Waals surface area (Å²) in [5.74, 6) is -0.988. The number of esters is 1. The number of benzene rings is 1. The van der Waals surface area contributed by atoms with E-state index in [4.69, 9.17) is 4.74 Å². The van der Waals surface area contributed by atoms with Gasteiger partial charge in [-0.3, -0.25) is 19.3 Å². The largest absolute Gasteiger partial charge is 0.508 e. The number of imide groups is 1. The normalized spacial score (nSPS) is 15.7. The van der Waals surface area contributed by atoms with Crippen molar-refractivity contribution in [3.8, 4) is 11.4 Å². The maximum atomic E-state index is 12.4. The van der Waals surface area contributed by atoms with Gasteiger partial charge >= 0.3 is 5.97 Å². The highest BCUT2D eigenvalue weighted by atomic mass is 32.2. The Morgan fingerprint density at radius 3 is 2.65 bits per heavy atom. The van der Waals surface area contributed by atoms with Crippen molar-refractivity contribution in [1.29, 1.82) is 0 Å². The lowest BCUT2D eigenvalue weighted by atomic mass is 10.3. The van der Waals surface area contributed by atoms with Gasteiger partial charge in [-0.1, -0.05) is 0 Å². The summed E-state index contributed by atoms with van der Waals surface area (Å²) in [6, 6.07) is 10.2. The Kier molecular flexibility index (Phi) is 5.13. The van der Waals surface area contributed by atoms with Crippen LogP contribution in [-0.2, 0) is 14.3 Å². The zero-order valence-electron chi connectivity index (χ0n) is 13.9. The molecule has 2 aromatic rings. The first-order chi connectivity index (χ1) is 12.5. The average molecular weight is 372 g/mol. The van der Waals surface area contributed by atoms with Gasteiger partial charge in [-0.25, -0.2) is 0 Å². The molecule has 0 saturated carbocycles. The second kappa shape index (κ2) is 7.49. The average Bonchev–Trinajstić information content (AvgIpc) is 3.16. The topological polar surface area (TPSA) is 88.8 Å². The number of ether oxygens (including phenoxy) is 1. The van der Waals surface area contributed by atoms with Gasteiger partial charge in [0.1, 0.15) is 12.3 Å². The number of amides is 2. The molecule has 26 heavy (non-hydrogen) atoms. The van der Waals surface area contributed by atoms with Crippen LogP contribution in [0.15, 0.2) is 47.5 Å². The zero-order valence-corrected chi connectivity index (χ0v) is 14.7. The Bertz CT molecular complexity index is 885. The Morgan fingerprint density at radius 2 is 1.96 bits per heavy atom. The first-order valence-corrected chi connectivity index (χ1v) is 8.69. The molecule has 8 heteroatoms. The summed E-state index contributed by atoms with van der Waals surface area (Å²) in [5, 5.41) is 8.90. The maximum Gasteiger partial charge on any atom is 0.326 e. The minimum atomic E-state index is -0.622. The first kappa shape index (κ1) is 17.8. The van der Waals surface area contributed by atoms with E-state index in [9.17, 15) is 19.5 Å². The molecule has 3 rings (SSSR count). The molecule has 1 saturated heterocycles. The predicted molar refractivity (Wildman–Crippen MR) is 96.7 cm³/mol. The third-order valence-electron chi connectivity index (χ3n) is 3.65. The van der Waals surface area contributed by atoms with Crippen LogP contribution in [0.2, 0.25) is 0 Å². The molecule has 1 fully saturated rings. The number of hydrogen-bond donors (Lipinski definition) is 1. The molecular formula is C18H16N2O5S. The standard InChI is InChI=1S/C18H16N2O5S/c1-2-25-16(22)11-20-17(23)15(26-18(20)24)10-13-4-3-9-19(13)12-5-7-14(21)8-6-12/h3-10,21H,2,11H2,1H3. The minimum absolute atomic E-state index is 0.155. The molecule has 2 heterocycles. The van der Waals surface area contributed by atoms with Crippen molar-refractivity contribution in [2.45, 2.75) is 6.92 Å². The first-order valence-electron chi connectivity index (χ1n) is 7.87. The third kappa shape index (κ3) is 3.65. The fourth-order valence-electron chi connectivity index (χ4n) is 2.47. The summed E-state index contributed by atoms with van der Waals surface area (Å²) in [7, 11) is 0. The quantitative estimate of drug-likeness (QED) is 0.641. The van der Waals surface area contributed by atoms with Crippen LogP contribution in [0.25, 0.3) is 11.8 Å². The summed E-state index contributed by atoms with van der Waals surface area (Å²) in [5.41, 5.74) is 1.49. The van der Waals surface area contributed by atoms with Crippen LogP contribution >= 0.6 is 11.8 Å². The van der Waals surface area contributed by atoms with Crippen molar-refractivity contribution >= 4 is 35.0 Å². The van der Waals surface area contributed by atoms with Crippen molar-refractivity contribution < 1.29 is 24.2 Å². The number of rotatable bonds is 5. The van der Waals surface area contributed by atoms with E-state index in [1.54, 1.807) is 49.5 Å². The Balaban J connectivity index is 1.84. The monoisotopic (exact) mass is 372 g/mol. The van der Waals surface area contributed by atoms with Gasteiger partial charge in [0, 0.05) is 17.6 Å². The molecule has 134 valence electrons. The number of phenols is 1. The van der Waals surface area contributed by atoms with Gasteiger partial charge in [0.15, 0.2) is 0 Å². The van der Waals surface area contributed by atoms with E-state index in [0.717, 1.165) is 22.3 Å². The molecule has 1 aliphatic rings. The van der Waals surface area contributed by atoms with Crippen molar-refractivity contribution in [2.75, 3.05) is 13.2 Å². The Hall–Kier alpha value is -3.00. The van der Waals surface area contributed by atoms with Crippen molar-refractivity contribution in [3.05, 3.63) is 53.2 Å². The van der Waals surface area contributed by atoms with Crippen LogP contribution in [-0.4, -0.2) is 44.8 Å². The molecule has 1 aromatic carbocycles. The van der Waals surface area contributed by atoms with E-state index < -0.39 is 23.7 Å². The molecule has 1 aliphatic heterocycles. The van der Waals surface area contributed by atoms with Crippen molar-refractivity contribution in [3.63, 3.8) is 0 Å². The van der Waals surface area contributed by atoms with Crippen LogP contribution in [0.5, 0.6) is 5.75 Å². The van der Waals surface area contributed by atoms with E-state index in [-0.39, 0.29) is 17.3 Å². The SMILES string of the molecule is CCOC(=O)CN1C(=O)SC(=Cc2cccn2-c2ccc(O)cc2)C1=O. The molecule has 0 bridgehead atoms. The minimum Gasteiger partial charge on any atom is -0.508 e. The fourth-order valence-corrected chi connectivity index (χ4v) is 3.29. The van der Waals surface area contributed by atoms with Gasteiger partial charge in [0.05, 0.1) is 11.5 Å². The number of carbonyl (C=O) groups is 3. The van der Waals surface area contributed by atoms with E-state index in [2.05, 4.69) is 0 Å². The van der Waals surface area contributed by atoms with E-state index in [1.165, 1.54) is 0 Å². The van der Waals surface area contributed by atoms with Gasteiger partial charge in [-0.2, -0.15) is 0 Å². The van der Waals surface area contributed by atoms with Crippen LogP contribution in [0.1, 0.15) is 12.6 Å². The molecule has 1 N–H and O–H groups in total. The lowest BCUT2D eigenvalue weighted by molar-refractivity contribution is -0.145. The van der Waals surface area contributed by atoms with Crippen LogP contribution in [0, 0.1) is 0 Å². The third-order valence-corrected chi connectivity index (χ3v) is 4.56. The lowest BCUT2D eigenvalue weighted by Crippen LogP contribution is -2.34. The van der Waals surface area contributed by atoms with Gasteiger partial charge in [0.2, 0.25) is 0 Å². The van der Waals surface area contributed by atoms with Crippen molar-refractivity contribution in [1.82, 2.24) is 9.47 Å². The molecule has 0 atom stereocenters. The smallest absolute Gasteiger partial charge is 0.326 e. The summed E-state index contributed by atoms with van der Waals surface area (Å²) in [6.45, 7) is 1.45. The summed E-state index contributed by atoms with van der Waals surface area (Å²) in [6.07, 6.45) is 3.41. The number of aromatic hydroxyl groups is 1. The Morgan fingerprint density at radius 1 is 1.23 bits per heavy atom. The number of carbonyl (C=O) groups excluding carboxylic acids is 3. The highest BCUT2D eigenvalue weighted by Crippen LogP contribution is 2.32. The number of hydrogen-bond acceptors (Lipinski definition) is 6. The maximum absolute atomic E-state index is 12.4. The number of phenolic OH excluding ortho intramolecular Hbond substituents is 1. The summed E-state index contributed by atoms with van der Waals surface area (Å²) < 4.78 is 6.61. The van der Waals surface area contributed by atoms with E-state index in [0.29, 0.717) is 5.69 Å². The highest BCUT2D eigenvalue weighted by molar-refractivity contribution is 8.18. The van der Waals surface area contributed by atoms with Gasteiger partial charge in [-0.05, 0) is 61.2 Å². The Labute approximate surface area is 153 Å². The molecule has 0 aliphatic carbocycles. The van der Waals surface area contributed by atoms with Crippen LogP contribution < -0.4 is 0 Å². The van der Waals surface area contributed by atoms with E-state index >= 15 is 0 Å². The molecule has 0 spiro atoms. The summed E-state index contributed by atoms with van der Waals surface area (Å²) >= 11 is 0.784. The van der Waals surface area contributed by atoms with Crippen LogP contribution in [0.3, 0.4) is 0 Å². The fraction of sp³-hybridized carbons (Fsp3) is 0.167. The molecular weight excluding hydrogens is 356 g/mol. The second-order valence-corrected chi connectivity index (χ2v) is 6.39. The predicted octanol–water partition coefficient (Wildman–Crippen LogP) is 2.78. The number of thioether (sulfide) groups is 1. The van der Waals surface area contributed by atoms with Gasteiger partial charge in [-0.15, -0.1) is 0 Å². The highest BCUT2D eigenvalue weighted by Gasteiger charge is 2.36. The molecule has 0 unspecified atom stereocenters. The second-order valence-electron chi connectivity index (χ2n) is 5.39. The molecule has 7 nitrogen and oxygen atoms in total. The lowest BCUT2D eigenvalue weighted by Gasteiger charge is -2.11. The summed E-state index contributed by atoms with van der Waals surface area (Å²) in [4.78, 5) is 37.2. The van der Waals surface area contributed by atoms with Gasteiger partial charge in [0.25, 0.3) is 11.1 Å². The number of nitrogens with zero attached hydrogens (tertiary/aromatic N) is 2. The zero-order chi connectivity index (χ0) is 18.7. The van der Waals surface area contributed by atoms with E-state index in [1.807, 2.05) is 10.6 Å². The number of aromatic nitrogens is 1. The van der Waals surface area contributed by atoms with Gasteiger partial charge < -0.3 is 14.4 Å². The molecule has 1 aromatic heterocycles.